The Bertz CT molecular complexity index is 862. The second-order valence-electron chi connectivity index (χ2n) is 6.18. The molecular weight excluding hydrogens is 378 g/mol. The summed E-state index contributed by atoms with van der Waals surface area (Å²) >= 11 is 3.54. The Balaban J connectivity index is 1.75. The van der Waals surface area contributed by atoms with Gasteiger partial charge in [-0.3, -0.25) is 0 Å². The molecule has 0 radical (unpaired) electrons. The van der Waals surface area contributed by atoms with Crippen LogP contribution in [0, 0.1) is 6.92 Å². The lowest BCUT2D eigenvalue weighted by Crippen LogP contribution is -2.03. The maximum Gasteiger partial charge on any atom is 0.249 e. The lowest BCUT2D eigenvalue weighted by Gasteiger charge is -2.10. The maximum atomic E-state index is 4.47. The van der Waals surface area contributed by atoms with Crippen LogP contribution >= 0.6 is 15.9 Å². The third-order valence-electron chi connectivity index (χ3n) is 3.78. The van der Waals surface area contributed by atoms with E-state index < -0.39 is 0 Å². The summed E-state index contributed by atoms with van der Waals surface area (Å²) in [6.07, 6.45) is 1.60. The minimum Gasteiger partial charge on any atom is -0.339 e. The minimum absolute atomic E-state index is 0.438. The number of aromatic nitrogens is 3. The van der Waals surface area contributed by atoms with E-state index in [-0.39, 0.29) is 0 Å². The highest BCUT2D eigenvalue weighted by Crippen LogP contribution is 2.26. The summed E-state index contributed by atoms with van der Waals surface area (Å²) in [5, 5.41) is 14.5. The molecule has 0 bridgehead atoms. The first kappa shape index (κ1) is 17.4. The van der Waals surface area contributed by atoms with Gasteiger partial charge < -0.3 is 10.6 Å². The molecule has 0 spiro atoms. The summed E-state index contributed by atoms with van der Waals surface area (Å²) in [6, 6.07) is 14.4. The topological polar surface area (TPSA) is 62.7 Å². The fourth-order valence-corrected chi connectivity index (χ4v) is 2.95. The van der Waals surface area contributed by atoms with Gasteiger partial charge in [-0.2, -0.15) is 10.1 Å². The number of nitrogens with zero attached hydrogens (tertiary/aromatic N) is 3. The Labute approximate surface area is 156 Å². The van der Waals surface area contributed by atoms with Crippen molar-refractivity contribution in [2.24, 2.45) is 0 Å². The van der Waals surface area contributed by atoms with Crippen molar-refractivity contribution in [3.8, 4) is 0 Å². The number of benzene rings is 2. The van der Waals surface area contributed by atoms with Crippen molar-refractivity contribution in [2.45, 2.75) is 26.7 Å². The lowest BCUT2D eigenvalue weighted by molar-refractivity contribution is 0.867. The highest BCUT2D eigenvalue weighted by molar-refractivity contribution is 9.10. The summed E-state index contributed by atoms with van der Waals surface area (Å²) in [7, 11) is 0. The monoisotopic (exact) mass is 397 g/mol. The molecule has 0 saturated carbocycles. The van der Waals surface area contributed by atoms with Crippen molar-refractivity contribution in [3.63, 3.8) is 0 Å². The zero-order valence-electron chi connectivity index (χ0n) is 14.4. The van der Waals surface area contributed by atoms with Crippen LogP contribution in [-0.2, 0) is 0 Å². The second kappa shape index (κ2) is 7.61. The number of aryl methyl sites for hydroxylation is 1. The van der Waals surface area contributed by atoms with Gasteiger partial charge in [0.2, 0.25) is 5.95 Å². The van der Waals surface area contributed by atoms with Gasteiger partial charge in [0.05, 0.1) is 11.9 Å². The van der Waals surface area contributed by atoms with Gasteiger partial charge in [-0.05, 0) is 64.2 Å². The molecule has 0 amide bonds. The summed E-state index contributed by atoms with van der Waals surface area (Å²) in [5.41, 5.74) is 4.34. The number of nitrogens with one attached hydrogen (secondary N) is 2. The molecule has 0 atom stereocenters. The van der Waals surface area contributed by atoms with Gasteiger partial charge in [-0.15, -0.1) is 5.10 Å². The number of hydrogen-bond acceptors (Lipinski definition) is 5. The summed E-state index contributed by atoms with van der Waals surface area (Å²) in [4.78, 5) is 4.47. The maximum absolute atomic E-state index is 4.47. The van der Waals surface area contributed by atoms with Crippen molar-refractivity contribution < 1.29 is 0 Å². The van der Waals surface area contributed by atoms with Gasteiger partial charge >= 0.3 is 0 Å². The normalized spacial score (nSPS) is 10.8. The van der Waals surface area contributed by atoms with Crippen LogP contribution in [-0.4, -0.2) is 15.2 Å². The van der Waals surface area contributed by atoms with Crippen LogP contribution in [0.3, 0.4) is 0 Å². The fourth-order valence-electron chi connectivity index (χ4n) is 2.36. The molecule has 1 heterocycles. The van der Waals surface area contributed by atoms with E-state index in [0.29, 0.717) is 17.7 Å². The zero-order chi connectivity index (χ0) is 17.8. The number of anilines is 4. The van der Waals surface area contributed by atoms with Gasteiger partial charge in [0.15, 0.2) is 5.82 Å². The standard InChI is InChI=1S/C19H20BrN5/c1-12(2)14-5-7-15(8-6-14)22-18-11-21-25-19(24-18)23-17-9-4-13(3)10-16(17)20/h4-12H,1-3H3,(H2,22,23,24,25). The number of halogens is 1. The second-order valence-corrected chi connectivity index (χ2v) is 7.03. The Morgan fingerprint density at radius 2 is 1.76 bits per heavy atom. The van der Waals surface area contributed by atoms with E-state index in [2.05, 4.69) is 67.7 Å². The molecule has 5 nitrogen and oxygen atoms in total. The van der Waals surface area contributed by atoms with Crippen LogP contribution in [0.5, 0.6) is 0 Å². The molecule has 3 aromatic rings. The van der Waals surface area contributed by atoms with Crippen molar-refractivity contribution >= 4 is 39.1 Å². The SMILES string of the molecule is Cc1ccc(Nc2nncc(Nc3ccc(C(C)C)cc3)n2)c(Br)c1. The highest BCUT2D eigenvalue weighted by atomic mass is 79.9. The summed E-state index contributed by atoms with van der Waals surface area (Å²) in [6.45, 7) is 6.40. The largest absolute Gasteiger partial charge is 0.339 e. The van der Waals surface area contributed by atoms with Crippen LogP contribution in [0.2, 0.25) is 0 Å². The summed E-state index contributed by atoms with van der Waals surface area (Å²) < 4.78 is 0.957. The molecule has 1 aromatic heterocycles. The molecule has 0 aliphatic heterocycles. The Morgan fingerprint density at radius 3 is 2.44 bits per heavy atom. The zero-order valence-corrected chi connectivity index (χ0v) is 16.0. The molecule has 0 aliphatic carbocycles. The lowest BCUT2D eigenvalue weighted by atomic mass is 10.0. The molecule has 6 heteroatoms. The van der Waals surface area contributed by atoms with Crippen molar-refractivity contribution in [3.05, 3.63) is 64.3 Å². The van der Waals surface area contributed by atoms with Gasteiger partial charge in [0.25, 0.3) is 0 Å². The van der Waals surface area contributed by atoms with Gasteiger partial charge in [-0.1, -0.05) is 32.0 Å². The van der Waals surface area contributed by atoms with E-state index in [4.69, 9.17) is 0 Å². The smallest absolute Gasteiger partial charge is 0.249 e. The van der Waals surface area contributed by atoms with E-state index in [1.54, 1.807) is 6.20 Å². The molecule has 25 heavy (non-hydrogen) atoms. The quantitative estimate of drug-likeness (QED) is 0.590. The van der Waals surface area contributed by atoms with E-state index in [0.717, 1.165) is 15.8 Å². The van der Waals surface area contributed by atoms with Crippen molar-refractivity contribution in [1.82, 2.24) is 15.2 Å². The Hall–Kier alpha value is -2.47. The molecule has 3 rings (SSSR count). The van der Waals surface area contributed by atoms with Gasteiger partial charge in [0.1, 0.15) is 0 Å². The van der Waals surface area contributed by atoms with Gasteiger partial charge in [0, 0.05) is 10.2 Å². The average molecular weight is 398 g/mol. The van der Waals surface area contributed by atoms with E-state index in [9.17, 15) is 0 Å². The molecular formula is C19H20BrN5. The van der Waals surface area contributed by atoms with E-state index >= 15 is 0 Å². The first-order chi connectivity index (χ1) is 12.0. The Morgan fingerprint density at radius 1 is 1.00 bits per heavy atom. The van der Waals surface area contributed by atoms with E-state index in [1.165, 1.54) is 11.1 Å². The molecule has 128 valence electrons. The van der Waals surface area contributed by atoms with Crippen LogP contribution in [0.4, 0.5) is 23.1 Å². The first-order valence-corrected chi connectivity index (χ1v) is 8.90. The number of hydrogen-bond donors (Lipinski definition) is 2. The molecule has 0 fully saturated rings. The van der Waals surface area contributed by atoms with Crippen molar-refractivity contribution in [2.75, 3.05) is 10.6 Å². The average Bonchev–Trinajstić information content (AvgIpc) is 2.58. The van der Waals surface area contributed by atoms with E-state index in [1.807, 2.05) is 37.3 Å². The molecule has 0 saturated heterocycles. The molecule has 2 N–H and O–H groups in total. The van der Waals surface area contributed by atoms with Crippen LogP contribution in [0.15, 0.2) is 53.1 Å². The van der Waals surface area contributed by atoms with Crippen LogP contribution in [0.25, 0.3) is 0 Å². The van der Waals surface area contributed by atoms with Crippen LogP contribution in [0.1, 0.15) is 30.9 Å². The van der Waals surface area contributed by atoms with Crippen molar-refractivity contribution in [1.29, 1.82) is 0 Å². The Kier molecular flexibility index (Phi) is 5.28. The minimum atomic E-state index is 0.438. The predicted molar refractivity (Wildman–Crippen MR) is 106 cm³/mol. The van der Waals surface area contributed by atoms with Crippen LogP contribution < -0.4 is 10.6 Å². The number of rotatable bonds is 5. The fraction of sp³-hybridized carbons (Fsp3) is 0.211. The molecule has 0 unspecified atom stereocenters. The molecule has 0 aliphatic rings. The first-order valence-electron chi connectivity index (χ1n) is 8.11. The molecule has 2 aromatic carbocycles. The third-order valence-corrected chi connectivity index (χ3v) is 4.44. The predicted octanol–water partition coefficient (Wildman–Crippen LogP) is 5.55. The van der Waals surface area contributed by atoms with Gasteiger partial charge in [-0.25, -0.2) is 0 Å². The summed E-state index contributed by atoms with van der Waals surface area (Å²) in [5.74, 6) is 1.59. The highest BCUT2D eigenvalue weighted by Gasteiger charge is 2.05. The third kappa shape index (κ3) is 4.54.